The van der Waals surface area contributed by atoms with Gasteiger partial charge in [-0.05, 0) is 41.0 Å². The largest absolute Gasteiger partial charge is 0.485 e. The van der Waals surface area contributed by atoms with Crippen molar-refractivity contribution in [2.75, 3.05) is 35.3 Å². The molecule has 0 saturated heterocycles. The minimum atomic E-state index is -4.20. The zero-order chi connectivity index (χ0) is 33.1. The van der Waals surface area contributed by atoms with Gasteiger partial charge in [-0.1, -0.05) is 0 Å². The van der Waals surface area contributed by atoms with Crippen LogP contribution in [0, 0.1) is 18.6 Å². The zero-order valence-electron chi connectivity index (χ0n) is 25.4. The van der Waals surface area contributed by atoms with E-state index in [-0.39, 0.29) is 41.7 Å². The summed E-state index contributed by atoms with van der Waals surface area (Å²) < 4.78 is 98.8. The Balaban J connectivity index is 1.65. The van der Waals surface area contributed by atoms with Crippen molar-refractivity contribution in [3.63, 3.8) is 0 Å². The van der Waals surface area contributed by atoms with Gasteiger partial charge in [0.15, 0.2) is 11.6 Å². The summed E-state index contributed by atoms with van der Waals surface area (Å²) >= 11 is 0. The number of benzene rings is 1. The number of hydrogen-bond donors (Lipinski definition) is 2. The molecule has 19 heteroatoms. The highest BCUT2D eigenvalue weighted by atomic mass is 32.2. The third-order valence-electron chi connectivity index (χ3n) is 6.17. The van der Waals surface area contributed by atoms with Crippen molar-refractivity contribution in [3.8, 4) is 17.0 Å². The number of nitrogens with one attached hydrogen (secondary N) is 2. The van der Waals surface area contributed by atoms with Crippen LogP contribution >= 0.6 is 0 Å². The molecular weight excluding hydrogens is 638 g/mol. The molecule has 0 aliphatic heterocycles. The first-order valence-corrected chi connectivity index (χ1v) is 17.2. The van der Waals surface area contributed by atoms with E-state index in [1.54, 1.807) is 17.1 Å². The van der Waals surface area contributed by atoms with E-state index in [2.05, 4.69) is 29.7 Å². The topological polar surface area (TPSA) is 181 Å². The number of rotatable bonds is 15. The fourth-order valence-electron chi connectivity index (χ4n) is 4.14. The van der Waals surface area contributed by atoms with Gasteiger partial charge in [-0.15, -0.1) is 5.10 Å². The second-order valence-corrected chi connectivity index (χ2v) is 13.7. The molecule has 0 amide bonds. The van der Waals surface area contributed by atoms with E-state index in [4.69, 9.17) is 9.47 Å². The highest BCUT2D eigenvalue weighted by Crippen LogP contribution is 2.35. The second-order valence-electron chi connectivity index (χ2n) is 10.2. The summed E-state index contributed by atoms with van der Waals surface area (Å²) in [6.07, 6.45) is 4.72. The highest BCUT2D eigenvalue weighted by Gasteiger charge is 2.24. The first kappa shape index (κ1) is 33.9. The number of nitrogens with zero attached hydrogens (tertiary/aromatic N) is 6. The Labute approximate surface area is 259 Å². The summed E-state index contributed by atoms with van der Waals surface area (Å²) in [7, 11) is -7.96. The third kappa shape index (κ3) is 8.41. The zero-order valence-corrected chi connectivity index (χ0v) is 27.0. The van der Waals surface area contributed by atoms with Gasteiger partial charge in [-0.25, -0.2) is 26.9 Å². The van der Waals surface area contributed by atoms with Gasteiger partial charge in [-0.2, -0.15) is 23.0 Å². The number of fused-ring (bicyclic) bond motifs is 1. The van der Waals surface area contributed by atoms with Crippen LogP contribution in [0.2, 0.25) is 0 Å². The van der Waals surface area contributed by atoms with Gasteiger partial charge in [0, 0.05) is 30.0 Å². The molecular formula is C26H34F2N8O7S2. The van der Waals surface area contributed by atoms with Crippen molar-refractivity contribution in [2.24, 2.45) is 0 Å². The molecule has 3 heterocycles. The lowest BCUT2D eigenvalue weighted by atomic mass is 10.1. The van der Waals surface area contributed by atoms with E-state index < -0.39 is 55.5 Å². The van der Waals surface area contributed by atoms with Crippen molar-refractivity contribution in [1.29, 1.82) is 0 Å². The van der Waals surface area contributed by atoms with Crippen LogP contribution in [-0.2, 0) is 29.1 Å². The maximum atomic E-state index is 15.6. The molecule has 0 spiro atoms. The van der Waals surface area contributed by atoms with Crippen LogP contribution in [0.4, 0.5) is 26.1 Å². The van der Waals surface area contributed by atoms with Crippen molar-refractivity contribution in [3.05, 3.63) is 42.0 Å². The Bertz CT molecular complexity index is 1900. The van der Waals surface area contributed by atoms with E-state index in [9.17, 15) is 21.2 Å². The molecule has 1 aromatic carbocycles. The van der Waals surface area contributed by atoms with Crippen molar-refractivity contribution in [1.82, 2.24) is 29.4 Å². The molecule has 1 unspecified atom stereocenters. The van der Waals surface area contributed by atoms with Gasteiger partial charge in [0.05, 0.1) is 42.3 Å². The highest BCUT2D eigenvalue weighted by molar-refractivity contribution is 7.92. The summed E-state index contributed by atoms with van der Waals surface area (Å²) in [6, 6.07) is 0.703. The van der Waals surface area contributed by atoms with Gasteiger partial charge in [0.2, 0.25) is 21.6 Å². The van der Waals surface area contributed by atoms with E-state index in [0.29, 0.717) is 23.9 Å². The number of aromatic nitrogens is 6. The molecule has 0 aliphatic rings. The monoisotopic (exact) mass is 672 g/mol. The Hall–Kier alpha value is -3.94. The summed E-state index contributed by atoms with van der Waals surface area (Å²) in [5.41, 5.74) is 0.00716. The summed E-state index contributed by atoms with van der Waals surface area (Å²) in [4.78, 5) is 8.91. The quantitative estimate of drug-likeness (QED) is 0.138. The lowest BCUT2D eigenvalue weighted by Gasteiger charge is -2.14. The fraction of sp³-hybridized carbons (Fsp3) is 0.462. The predicted octanol–water partition coefficient (Wildman–Crippen LogP) is 3.77. The Morgan fingerprint density at radius 2 is 1.87 bits per heavy atom. The normalized spacial score (nSPS) is 13.0. The first-order valence-electron chi connectivity index (χ1n) is 13.8. The minimum Gasteiger partial charge on any atom is -0.485 e. The molecule has 3 aromatic heterocycles. The summed E-state index contributed by atoms with van der Waals surface area (Å²) in [5, 5.41) is 11.3. The molecule has 45 heavy (non-hydrogen) atoms. The SMILES string of the molecule is CCOC(C)n1cc(-c2ncn3nc(Nc4c(C)c(F)cc(NS(=O)(=O)CCCOS(C)(=O)=O)c4F)nc3c2OC(C)C)cn1. The van der Waals surface area contributed by atoms with Crippen LogP contribution in [0.3, 0.4) is 0 Å². The second kappa shape index (κ2) is 13.6. The number of hydrogen-bond acceptors (Lipinski definition) is 12. The van der Waals surface area contributed by atoms with Gasteiger partial charge >= 0.3 is 0 Å². The lowest BCUT2D eigenvalue weighted by molar-refractivity contribution is 0.0160. The van der Waals surface area contributed by atoms with Gasteiger partial charge in [0.1, 0.15) is 24.1 Å². The number of anilines is 3. The lowest BCUT2D eigenvalue weighted by Crippen LogP contribution is -2.20. The molecule has 4 aromatic rings. The van der Waals surface area contributed by atoms with Crippen LogP contribution < -0.4 is 14.8 Å². The van der Waals surface area contributed by atoms with Crippen molar-refractivity contribution >= 4 is 43.1 Å². The standard InChI is InChI=1S/C26H34F2N8O7S2/c1-7-41-17(5)35-13-18(12-30-35)23-24(43-15(2)3)25-32-26(33-36(25)14-29-23)31-22-16(4)19(27)11-20(21(22)28)34-45(39,40)10-8-9-42-44(6,37)38/h11-15,17,34H,7-10H2,1-6H3,(H,31,33). The Morgan fingerprint density at radius 3 is 2.53 bits per heavy atom. The Kier molecular flexibility index (Phi) is 10.3. The van der Waals surface area contributed by atoms with Crippen LogP contribution in [-0.4, -0.2) is 77.5 Å². The van der Waals surface area contributed by atoms with Gasteiger partial charge in [0.25, 0.3) is 10.1 Å². The average Bonchev–Trinajstić information content (AvgIpc) is 3.59. The van der Waals surface area contributed by atoms with Crippen LogP contribution in [0.5, 0.6) is 5.75 Å². The van der Waals surface area contributed by atoms with E-state index in [1.165, 1.54) is 17.8 Å². The third-order valence-corrected chi connectivity index (χ3v) is 8.12. The molecule has 0 bridgehead atoms. The minimum absolute atomic E-state index is 0.150. The van der Waals surface area contributed by atoms with Gasteiger partial charge < -0.3 is 14.8 Å². The molecule has 15 nitrogen and oxygen atoms in total. The molecule has 1 atom stereocenters. The molecule has 0 fully saturated rings. The molecule has 0 aliphatic carbocycles. The maximum absolute atomic E-state index is 15.6. The van der Waals surface area contributed by atoms with E-state index >= 15 is 4.39 Å². The van der Waals surface area contributed by atoms with E-state index in [0.717, 1.165) is 6.26 Å². The van der Waals surface area contributed by atoms with E-state index in [1.807, 2.05) is 32.4 Å². The van der Waals surface area contributed by atoms with Gasteiger partial charge in [-0.3, -0.25) is 8.91 Å². The number of sulfonamides is 1. The van der Waals surface area contributed by atoms with Crippen LogP contribution in [0.1, 0.15) is 45.9 Å². The first-order chi connectivity index (χ1) is 21.1. The number of ether oxygens (including phenoxy) is 2. The molecule has 2 N–H and O–H groups in total. The fourth-order valence-corrected chi connectivity index (χ4v) is 5.65. The molecule has 0 radical (unpaired) electrons. The van der Waals surface area contributed by atoms with Crippen molar-refractivity contribution < 1.29 is 39.3 Å². The molecule has 4 rings (SSSR count). The summed E-state index contributed by atoms with van der Waals surface area (Å²) in [6.45, 7) is 8.75. The van der Waals surface area contributed by atoms with Crippen LogP contribution in [0.15, 0.2) is 24.8 Å². The maximum Gasteiger partial charge on any atom is 0.264 e. The average molecular weight is 673 g/mol. The Morgan fingerprint density at radius 1 is 1.13 bits per heavy atom. The molecule has 246 valence electrons. The molecule has 0 saturated carbocycles. The summed E-state index contributed by atoms with van der Waals surface area (Å²) in [5.74, 6) is -2.51. The number of halogens is 2. The predicted molar refractivity (Wildman–Crippen MR) is 161 cm³/mol. The smallest absolute Gasteiger partial charge is 0.264 e. The van der Waals surface area contributed by atoms with Crippen molar-refractivity contribution in [2.45, 2.75) is 53.4 Å². The van der Waals surface area contributed by atoms with Crippen LogP contribution in [0.25, 0.3) is 16.9 Å².